The van der Waals surface area contributed by atoms with Crippen molar-refractivity contribution in [1.29, 1.82) is 0 Å². The number of halogens is 3. The number of aromatic nitrogens is 3. The normalized spacial score (nSPS) is 11.7. The molecule has 3 aromatic rings. The van der Waals surface area contributed by atoms with E-state index in [1.807, 2.05) is 25.3 Å². The molecule has 0 saturated heterocycles. The van der Waals surface area contributed by atoms with Crippen LogP contribution in [-0.2, 0) is 17.4 Å². The zero-order valence-electron chi connectivity index (χ0n) is 12.6. The van der Waals surface area contributed by atoms with Crippen molar-refractivity contribution < 1.29 is 18.0 Å². The molecule has 3 rings (SSSR count). The number of carbonyl (C=O) groups is 1. The number of nitrogens with one attached hydrogen (secondary N) is 1. The minimum atomic E-state index is -4.45. The van der Waals surface area contributed by atoms with Crippen LogP contribution in [0.15, 0.2) is 42.9 Å². The maximum absolute atomic E-state index is 12.5. The fourth-order valence-corrected chi connectivity index (χ4v) is 2.21. The number of amides is 1. The number of nitrogens with zero attached hydrogens (tertiary/aromatic N) is 3. The molecular weight excluding hydrogens is 321 g/mol. The lowest BCUT2D eigenvalue weighted by Gasteiger charge is -2.07. The summed E-state index contributed by atoms with van der Waals surface area (Å²) in [5, 5.41) is 2.46. The number of imidazole rings is 1. The summed E-state index contributed by atoms with van der Waals surface area (Å²) in [5.74, 6) is -0.338. The van der Waals surface area contributed by atoms with Gasteiger partial charge >= 0.3 is 6.18 Å². The lowest BCUT2D eigenvalue weighted by molar-refractivity contribution is -0.137. The Balaban J connectivity index is 1.68. The molecule has 0 saturated carbocycles. The van der Waals surface area contributed by atoms with E-state index in [2.05, 4.69) is 15.3 Å². The number of hydrogen-bond acceptors (Lipinski definition) is 3. The second kappa shape index (κ2) is 5.95. The van der Waals surface area contributed by atoms with E-state index in [9.17, 15) is 18.0 Å². The Morgan fingerprint density at radius 2 is 2.08 bits per heavy atom. The molecule has 8 heteroatoms. The number of alkyl halides is 3. The average Bonchev–Trinajstić information content (AvgIpc) is 2.87. The summed E-state index contributed by atoms with van der Waals surface area (Å²) < 4.78 is 39.2. The maximum atomic E-state index is 12.5. The molecule has 124 valence electrons. The molecule has 3 aromatic heterocycles. The van der Waals surface area contributed by atoms with Gasteiger partial charge in [0.1, 0.15) is 11.5 Å². The standard InChI is InChI=1S/C16H13F3N4O/c1-10-4-5-23-9-12(21-14(23)6-10)7-15(24)22-13-3-2-11(8-20-13)16(17,18)19/h2-6,8-9H,7H2,1H3,(H,20,22,24). The minimum Gasteiger partial charge on any atom is -0.310 e. The number of fused-ring (bicyclic) bond motifs is 1. The number of carbonyl (C=O) groups excluding carboxylic acids is 1. The first-order chi connectivity index (χ1) is 11.3. The van der Waals surface area contributed by atoms with Crippen molar-refractivity contribution in [3.63, 3.8) is 0 Å². The highest BCUT2D eigenvalue weighted by Gasteiger charge is 2.30. The highest BCUT2D eigenvalue weighted by Crippen LogP contribution is 2.28. The first kappa shape index (κ1) is 16.0. The van der Waals surface area contributed by atoms with Gasteiger partial charge in [-0.05, 0) is 36.8 Å². The Morgan fingerprint density at radius 1 is 1.29 bits per heavy atom. The molecule has 0 spiro atoms. The molecule has 0 aliphatic carbocycles. The highest BCUT2D eigenvalue weighted by atomic mass is 19.4. The van der Waals surface area contributed by atoms with Gasteiger partial charge in [0.05, 0.1) is 17.7 Å². The smallest absolute Gasteiger partial charge is 0.310 e. The predicted octanol–water partition coefficient (Wildman–Crippen LogP) is 3.24. The summed E-state index contributed by atoms with van der Waals surface area (Å²) in [6.07, 6.45) is -0.192. The fourth-order valence-electron chi connectivity index (χ4n) is 2.21. The van der Waals surface area contributed by atoms with Crippen molar-refractivity contribution in [3.8, 4) is 0 Å². The molecule has 0 atom stereocenters. The van der Waals surface area contributed by atoms with Crippen LogP contribution in [0.3, 0.4) is 0 Å². The Kier molecular flexibility index (Phi) is 3.96. The number of pyridine rings is 2. The van der Waals surface area contributed by atoms with E-state index in [1.54, 1.807) is 10.6 Å². The van der Waals surface area contributed by atoms with Crippen molar-refractivity contribution in [2.24, 2.45) is 0 Å². The SMILES string of the molecule is Cc1ccn2cc(CC(=O)Nc3ccc(C(F)(F)F)cn3)nc2c1. The summed E-state index contributed by atoms with van der Waals surface area (Å²) in [5.41, 5.74) is 1.48. The van der Waals surface area contributed by atoms with Crippen molar-refractivity contribution in [2.75, 3.05) is 5.32 Å². The molecule has 24 heavy (non-hydrogen) atoms. The quantitative estimate of drug-likeness (QED) is 0.800. The number of aryl methyl sites for hydroxylation is 1. The molecule has 0 bridgehead atoms. The Hall–Kier alpha value is -2.90. The third-order valence-electron chi connectivity index (χ3n) is 3.37. The summed E-state index contributed by atoms with van der Waals surface area (Å²) in [6, 6.07) is 5.80. The topological polar surface area (TPSA) is 59.3 Å². The third-order valence-corrected chi connectivity index (χ3v) is 3.37. The van der Waals surface area contributed by atoms with Crippen LogP contribution in [0.25, 0.3) is 5.65 Å². The minimum absolute atomic E-state index is 0.00340. The summed E-state index contributed by atoms with van der Waals surface area (Å²) in [6.45, 7) is 1.94. The lowest BCUT2D eigenvalue weighted by atomic mass is 10.2. The lowest BCUT2D eigenvalue weighted by Crippen LogP contribution is -2.16. The Morgan fingerprint density at radius 3 is 2.75 bits per heavy atom. The van der Waals surface area contributed by atoms with Crippen LogP contribution in [0.5, 0.6) is 0 Å². The molecule has 0 fully saturated rings. The predicted molar refractivity (Wildman–Crippen MR) is 81.5 cm³/mol. The van der Waals surface area contributed by atoms with E-state index in [4.69, 9.17) is 0 Å². The molecule has 0 aliphatic heterocycles. The summed E-state index contributed by atoms with van der Waals surface area (Å²) >= 11 is 0. The average molecular weight is 334 g/mol. The van der Waals surface area contributed by atoms with E-state index in [0.29, 0.717) is 11.9 Å². The van der Waals surface area contributed by atoms with Gasteiger partial charge < -0.3 is 9.72 Å². The maximum Gasteiger partial charge on any atom is 0.417 e. The van der Waals surface area contributed by atoms with Gasteiger partial charge in [0.2, 0.25) is 5.91 Å². The van der Waals surface area contributed by atoms with Gasteiger partial charge in [0.15, 0.2) is 0 Å². The first-order valence-electron chi connectivity index (χ1n) is 7.08. The monoisotopic (exact) mass is 334 g/mol. The third kappa shape index (κ3) is 3.53. The van der Waals surface area contributed by atoms with E-state index in [0.717, 1.165) is 23.3 Å². The largest absolute Gasteiger partial charge is 0.417 e. The summed E-state index contributed by atoms with van der Waals surface area (Å²) in [7, 11) is 0. The second-order valence-electron chi connectivity index (χ2n) is 5.36. The van der Waals surface area contributed by atoms with Gasteiger partial charge in [-0.2, -0.15) is 13.2 Å². The van der Waals surface area contributed by atoms with Gasteiger partial charge in [-0.25, -0.2) is 9.97 Å². The molecule has 1 N–H and O–H groups in total. The number of rotatable bonds is 3. The Labute approximate surface area is 135 Å². The Bertz CT molecular complexity index is 884. The van der Waals surface area contributed by atoms with Crippen molar-refractivity contribution >= 4 is 17.4 Å². The highest BCUT2D eigenvalue weighted by molar-refractivity contribution is 5.91. The molecule has 3 heterocycles. The molecule has 0 radical (unpaired) electrons. The fraction of sp³-hybridized carbons (Fsp3) is 0.188. The van der Waals surface area contributed by atoms with E-state index < -0.39 is 17.6 Å². The molecule has 0 unspecified atom stereocenters. The molecule has 0 aromatic carbocycles. The van der Waals surface area contributed by atoms with Crippen LogP contribution >= 0.6 is 0 Å². The molecule has 1 amide bonds. The molecule has 5 nitrogen and oxygen atoms in total. The molecular formula is C16H13F3N4O. The van der Waals surface area contributed by atoms with Crippen LogP contribution in [0, 0.1) is 6.92 Å². The van der Waals surface area contributed by atoms with Crippen LogP contribution in [0.2, 0.25) is 0 Å². The number of anilines is 1. The second-order valence-corrected chi connectivity index (χ2v) is 5.36. The first-order valence-corrected chi connectivity index (χ1v) is 7.08. The zero-order chi connectivity index (χ0) is 17.3. The van der Waals surface area contributed by atoms with E-state index in [-0.39, 0.29) is 12.2 Å². The van der Waals surface area contributed by atoms with Crippen molar-refractivity contribution in [2.45, 2.75) is 19.5 Å². The zero-order valence-corrected chi connectivity index (χ0v) is 12.6. The van der Waals surface area contributed by atoms with Crippen LogP contribution in [0.4, 0.5) is 19.0 Å². The van der Waals surface area contributed by atoms with Crippen LogP contribution in [-0.4, -0.2) is 20.3 Å². The van der Waals surface area contributed by atoms with E-state index in [1.165, 1.54) is 0 Å². The van der Waals surface area contributed by atoms with Crippen LogP contribution in [0.1, 0.15) is 16.8 Å². The van der Waals surface area contributed by atoms with E-state index >= 15 is 0 Å². The summed E-state index contributed by atoms with van der Waals surface area (Å²) in [4.78, 5) is 19.9. The van der Waals surface area contributed by atoms with Crippen molar-refractivity contribution in [3.05, 3.63) is 59.7 Å². The van der Waals surface area contributed by atoms with Gasteiger partial charge in [0.25, 0.3) is 0 Å². The van der Waals surface area contributed by atoms with Gasteiger partial charge in [-0.1, -0.05) is 0 Å². The van der Waals surface area contributed by atoms with Gasteiger partial charge in [-0.15, -0.1) is 0 Å². The van der Waals surface area contributed by atoms with Gasteiger partial charge in [-0.3, -0.25) is 4.79 Å². The number of hydrogen-bond donors (Lipinski definition) is 1. The molecule has 0 aliphatic rings. The van der Waals surface area contributed by atoms with Crippen molar-refractivity contribution in [1.82, 2.24) is 14.4 Å². The van der Waals surface area contributed by atoms with Gasteiger partial charge in [0, 0.05) is 18.6 Å². The van der Waals surface area contributed by atoms with Crippen LogP contribution < -0.4 is 5.32 Å².